The van der Waals surface area contributed by atoms with Crippen molar-refractivity contribution in [1.29, 1.82) is 0 Å². The predicted octanol–water partition coefficient (Wildman–Crippen LogP) is 1.85. The molecular formula is C16H22ClN3O2. The zero-order valence-corrected chi connectivity index (χ0v) is 13.5. The molecule has 0 spiro atoms. The first-order chi connectivity index (χ1) is 10.5. The highest BCUT2D eigenvalue weighted by atomic mass is 35.5. The van der Waals surface area contributed by atoms with E-state index in [1.165, 1.54) is 0 Å². The normalized spacial score (nSPS) is 17.8. The van der Waals surface area contributed by atoms with E-state index in [4.69, 9.17) is 17.3 Å². The molecule has 2 rings (SSSR count). The van der Waals surface area contributed by atoms with Crippen LogP contribution in [-0.2, 0) is 4.79 Å². The summed E-state index contributed by atoms with van der Waals surface area (Å²) in [7, 11) is 0. The lowest BCUT2D eigenvalue weighted by Gasteiger charge is -2.30. The van der Waals surface area contributed by atoms with Crippen molar-refractivity contribution >= 4 is 23.4 Å². The van der Waals surface area contributed by atoms with Gasteiger partial charge in [-0.15, -0.1) is 0 Å². The Morgan fingerprint density at radius 3 is 2.41 bits per heavy atom. The number of nitrogens with one attached hydrogen (secondary N) is 2. The van der Waals surface area contributed by atoms with Crippen LogP contribution >= 0.6 is 11.6 Å². The molecule has 1 fully saturated rings. The van der Waals surface area contributed by atoms with Crippen molar-refractivity contribution in [3.8, 4) is 0 Å². The van der Waals surface area contributed by atoms with E-state index in [0.717, 1.165) is 25.7 Å². The highest BCUT2D eigenvalue weighted by molar-refractivity contribution is 6.30. The average molecular weight is 324 g/mol. The number of hydrogen-bond acceptors (Lipinski definition) is 3. The average Bonchev–Trinajstić information content (AvgIpc) is 2.96. The maximum Gasteiger partial charge on any atom is 0.251 e. The van der Waals surface area contributed by atoms with E-state index in [1.54, 1.807) is 31.2 Å². The molecule has 1 unspecified atom stereocenters. The Balaban J connectivity index is 1.93. The Morgan fingerprint density at radius 2 is 1.86 bits per heavy atom. The third-order valence-corrected chi connectivity index (χ3v) is 4.44. The molecule has 5 nitrogen and oxygen atoms in total. The lowest BCUT2D eigenvalue weighted by molar-refractivity contribution is -0.124. The van der Waals surface area contributed by atoms with Crippen molar-refractivity contribution in [2.75, 3.05) is 6.54 Å². The van der Waals surface area contributed by atoms with Crippen molar-refractivity contribution in [2.45, 2.75) is 44.2 Å². The molecule has 1 saturated carbocycles. The molecule has 22 heavy (non-hydrogen) atoms. The summed E-state index contributed by atoms with van der Waals surface area (Å²) in [4.78, 5) is 24.4. The number of nitrogens with two attached hydrogens (primary N) is 1. The summed E-state index contributed by atoms with van der Waals surface area (Å²) >= 11 is 5.79. The Kier molecular flexibility index (Phi) is 5.42. The second-order valence-electron chi connectivity index (χ2n) is 5.88. The van der Waals surface area contributed by atoms with Crippen LogP contribution in [-0.4, -0.2) is 29.9 Å². The molecule has 6 heteroatoms. The number of rotatable bonds is 5. The fourth-order valence-corrected chi connectivity index (χ4v) is 2.87. The first-order valence-electron chi connectivity index (χ1n) is 7.54. The molecule has 1 aliphatic rings. The summed E-state index contributed by atoms with van der Waals surface area (Å²) in [5.74, 6) is -0.498. The SMILES string of the molecule is CC(NC(=O)c1ccc(Cl)cc1)C(=O)NC1(CN)CCCC1. The minimum atomic E-state index is -0.618. The molecule has 1 aromatic rings. The van der Waals surface area contributed by atoms with Crippen LogP contribution in [0, 0.1) is 0 Å². The molecule has 1 atom stereocenters. The summed E-state index contributed by atoms with van der Waals surface area (Å²) < 4.78 is 0. The van der Waals surface area contributed by atoms with Gasteiger partial charge in [0.25, 0.3) is 5.91 Å². The minimum Gasteiger partial charge on any atom is -0.348 e. The van der Waals surface area contributed by atoms with E-state index in [1.807, 2.05) is 0 Å². The van der Waals surface area contributed by atoms with Crippen molar-refractivity contribution in [2.24, 2.45) is 5.73 Å². The molecule has 0 bridgehead atoms. The second-order valence-corrected chi connectivity index (χ2v) is 6.32. The Bertz CT molecular complexity index is 539. The number of amides is 2. The maximum atomic E-state index is 12.3. The third kappa shape index (κ3) is 3.99. The molecule has 1 aliphatic carbocycles. The molecule has 0 saturated heterocycles. The number of halogens is 1. The van der Waals surface area contributed by atoms with Gasteiger partial charge in [0, 0.05) is 17.1 Å². The maximum absolute atomic E-state index is 12.3. The highest BCUT2D eigenvalue weighted by Crippen LogP contribution is 2.28. The van der Waals surface area contributed by atoms with Crippen molar-refractivity contribution in [3.05, 3.63) is 34.9 Å². The van der Waals surface area contributed by atoms with E-state index in [9.17, 15) is 9.59 Å². The van der Waals surface area contributed by atoms with Gasteiger partial charge in [0.1, 0.15) is 6.04 Å². The molecule has 0 heterocycles. The van der Waals surface area contributed by atoms with Gasteiger partial charge < -0.3 is 16.4 Å². The van der Waals surface area contributed by atoms with E-state index < -0.39 is 6.04 Å². The smallest absolute Gasteiger partial charge is 0.251 e. The lowest BCUT2D eigenvalue weighted by Crippen LogP contribution is -2.56. The van der Waals surface area contributed by atoms with Gasteiger partial charge >= 0.3 is 0 Å². The lowest BCUT2D eigenvalue weighted by atomic mass is 9.97. The third-order valence-electron chi connectivity index (χ3n) is 4.19. The standard InChI is InChI=1S/C16H22ClN3O2/c1-11(14(21)20-16(10-18)8-2-3-9-16)19-15(22)12-4-6-13(17)7-5-12/h4-7,11H,2-3,8-10,18H2,1H3,(H,19,22)(H,20,21). The first-order valence-corrected chi connectivity index (χ1v) is 7.92. The quantitative estimate of drug-likeness (QED) is 0.773. The molecular weight excluding hydrogens is 302 g/mol. The fourth-order valence-electron chi connectivity index (χ4n) is 2.75. The van der Waals surface area contributed by atoms with E-state index >= 15 is 0 Å². The molecule has 0 aliphatic heterocycles. The Hall–Kier alpha value is -1.59. The van der Waals surface area contributed by atoms with Gasteiger partial charge in [-0.2, -0.15) is 0 Å². The first kappa shape index (κ1) is 16.8. The zero-order valence-electron chi connectivity index (χ0n) is 12.7. The number of hydrogen-bond donors (Lipinski definition) is 3. The number of carbonyl (C=O) groups is 2. The van der Waals surface area contributed by atoms with Crippen LogP contribution in [0.5, 0.6) is 0 Å². The van der Waals surface area contributed by atoms with Crippen molar-refractivity contribution in [1.82, 2.24) is 10.6 Å². The van der Waals surface area contributed by atoms with Crippen molar-refractivity contribution < 1.29 is 9.59 Å². The van der Waals surface area contributed by atoms with Gasteiger partial charge in [0.15, 0.2) is 0 Å². The van der Waals surface area contributed by atoms with Crippen LogP contribution in [0.2, 0.25) is 5.02 Å². The van der Waals surface area contributed by atoms with E-state index in [0.29, 0.717) is 17.1 Å². The second kappa shape index (κ2) is 7.11. The topological polar surface area (TPSA) is 84.2 Å². The van der Waals surface area contributed by atoms with Crippen molar-refractivity contribution in [3.63, 3.8) is 0 Å². The van der Waals surface area contributed by atoms with Crippen LogP contribution in [0.25, 0.3) is 0 Å². The van der Waals surface area contributed by atoms with Crippen LogP contribution < -0.4 is 16.4 Å². The predicted molar refractivity (Wildman–Crippen MR) is 86.8 cm³/mol. The Labute approximate surface area is 135 Å². The van der Waals surface area contributed by atoms with Gasteiger partial charge in [-0.1, -0.05) is 24.4 Å². The van der Waals surface area contributed by atoms with Gasteiger partial charge in [-0.3, -0.25) is 9.59 Å². The van der Waals surface area contributed by atoms with Gasteiger partial charge in [0.2, 0.25) is 5.91 Å². The zero-order chi connectivity index (χ0) is 16.2. The Morgan fingerprint density at radius 1 is 1.27 bits per heavy atom. The molecule has 1 aromatic carbocycles. The fraction of sp³-hybridized carbons (Fsp3) is 0.500. The highest BCUT2D eigenvalue weighted by Gasteiger charge is 2.35. The number of benzene rings is 1. The molecule has 0 radical (unpaired) electrons. The van der Waals surface area contributed by atoms with Gasteiger partial charge in [-0.05, 0) is 44.0 Å². The van der Waals surface area contributed by atoms with Crippen LogP contribution in [0.15, 0.2) is 24.3 Å². The summed E-state index contributed by atoms with van der Waals surface area (Å²) in [6, 6.07) is 5.92. The number of carbonyl (C=O) groups excluding carboxylic acids is 2. The van der Waals surface area contributed by atoms with Crippen LogP contribution in [0.3, 0.4) is 0 Å². The summed E-state index contributed by atoms with van der Waals surface area (Å²) in [5.41, 5.74) is 5.97. The monoisotopic (exact) mass is 323 g/mol. The summed E-state index contributed by atoms with van der Waals surface area (Å²) in [5, 5.41) is 6.27. The van der Waals surface area contributed by atoms with Crippen LogP contribution in [0.4, 0.5) is 0 Å². The molecule has 0 aromatic heterocycles. The largest absolute Gasteiger partial charge is 0.348 e. The van der Waals surface area contributed by atoms with E-state index in [-0.39, 0.29) is 17.4 Å². The molecule has 120 valence electrons. The molecule has 2 amide bonds. The summed E-state index contributed by atoms with van der Waals surface area (Å²) in [6.07, 6.45) is 3.94. The van der Waals surface area contributed by atoms with Crippen LogP contribution in [0.1, 0.15) is 43.0 Å². The molecule has 4 N–H and O–H groups in total. The van der Waals surface area contributed by atoms with Gasteiger partial charge in [0.05, 0.1) is 5.54 Å². The van der Waals surface area contributed by atoms with E-state index in [2.05, 4.69) is 10.6 Å². The minimum absolute atomic E-state index is 0.199. The summed E-state index contributed by atoms with van der Waals surface area (Å²) in [6.45, 7) is 2.10. The van der Waals surface area contributed by atoms with Gasteiger partial charge in [-0.25, -0.2) is 0 Å².